The number of hydrogen-bond acceptors (Lipinski definition) is 6. The van der Waals surface area contributed by atoms with Gasteiger partial charge in [0.05, 0.1) is 5.41 Å². The molecule has 1 unspecified atom stereocenters. The molecular weight excluding hydrogens is 526 g/mol. The Bertz CT molecular complexity index is 1290. The van der Waals surface area contributed by atoms with Crippen LogP contribution in [0.4, 0.5) is 0 Å². The molecule has 1 fully saturated rings. The molecule has 42 heavy (non-hydrogen) atoms. The highest BCUT2D eigenvalue weighted by Crippen LogP contribution is 2.35. The monoisotopic (exact) mass is 571 g/mol. The van der Waals surface area contributed by atoms with Gasteiger partial charge in [-0.3, -0.25) is 4.79 Å². The molecule has 1 aliphatic heterocycles. The molecule has 0 aliphatic carbocycles. The molecule has 0 amide bonds. The van der Waals surface area contributed by atoms with E-state index in [-0.39, 0.29) is 19.4 Å². The van der Waals surface area contributed by atoms with E-state index in [9.17, 15) is 9.90 Å². The highest BCUT2D eigenvalue weighted by atomic mass is 16.7. The van der Waals surface area contributed by atoms with Crippen molar-refractivity contribution in [1.82, 2.24) is 4.90 Å². The zero-order valence-electron chi connectivity index (χ0n) is 25.5. The van der Waals surface area contributed by atoms with Gasteiger partial charge in [0.2, 0.25) is 6.79 Å². The molecule has 3 aromatic carbocycles. The van der Waals surface area contributed by atoms with Crippen LogP contribution in [0.3, 0.4) is 0 Å². The molecule has 6 heteroatoms. The molecule has 1 N–H and O–H groups in total. The quantitative estimate of drug-likeness (QED) is 0.141. The van der Waals surface area contributed by atoms with Crippen LogP contribution in [0, 0.1) is 5.41 Å². The summed E-state index contributed by atoms with van der Waals surface area (Å²) in [5.41, 5.74) is 5.09. The summed E-state index contributed by atoms with van der Waals surface area (Å²) >= 11 is 0. The maximum Gasteiger partial charge on any atom is 0.314 e. The minimum atomic E-state index is -0.575. The van der Waals surface area contributed by atoms with Crippen LogP contribution in [0.5, 0.6) is 11.5 Å². The van der Waals surface area contributed by atoms with Gasteiger partial charge < -0.3 is 24.2 Å². The summed E-state index contributed by atoms with van der Waals surface area (Å²) in [6.45, 7) is 10.5. The summed E-state index contributed by atoms with van der Waals surface area (Å²) in [5, 5.41) is 10.5. The summed E-state index contributed by atoms with van der Waals surface area (Å²) in [6, 6.07) is 26.4. The second kappa shape index (κ2) is 15.0. The van der Waals surface area contributed by atoms with Crippen molar-refractivity contribution in [2.45, 2.75) is 59.5 Å². The first-order valence-electron chi connectivity index (χ1n) is 15.1. The second-order valence-corrected chi connectivity index (χ2v) is 11.9. The van der Waals surface area contributed by atoms with Gasteiger partial charge in [0.15, 0.2) is 0 Å². The predicted molar refractivity (Wildman–Crippen MR) is 168 cm³/mol. The van der Waals surface area contributed by atoms with Gasteiger partial charge in [-0.1, -0.05) is 67.9 Å². The van der Waals surface area contributed by atoms with E-state index in [1.54, 1.807) is 0 Å². The standard InChI is InChI=1S/C36H45NO5/c1-5-33(27-12-8-6-9-13-27)34(29-16-20-32(21-17-29)41-26-42-35(39)36(2,3)4)28-14-18-31(19-15-28)40-25-30(38)24-37-22-10-7-11-23-37/h6,8-9,12-21,30,38H,5,7,10-11,22-26H2,1-4H3/b34-33+. The Balaban J connectivity index is 1.50. The molecular formula is C36H45NO5. The number of benzene rings is 3. The molecule has 3 aromatic rings. The van der Waals surface area contributed by atoms with Crippen molar-refractivity contribution in [2.75, 3.05) is 33.0 Å². The molecule has 6 nitrogen and oxygen atoms in total. The van der Waals surface area contributed by atoms with Crippen molar-refractivity contribution < 1.29 is 24.1 Å². The molecule has 0 saturated carbocycles. The number of aliphatic hydroxyl groups excluding tert-OH is 1. The van der Waals surface area contributed by atoms with Crippen LogP contribution >= 0.6 is 0 Å². The van der Waals surface area contributed by atoms with Crippen molar-refractivity contribution in [1.29, 1.82) is 0 Å². The van der Waals surface area contributed by atoms with E-state index in [1.165, 1.54) is 30.4 Å². The Labute approximate surface area is 250 Å². The number of ether oxygens (including phenoxy) is 3. The highest BCUT2D eigenvalue weighted by molar-refractivity contribution is 5.98. The largest absolute Gasteiger partial charge is 0.491 e. The lowest BCUT2D eigenvalue weighted by atomic mass is 9.88. The molecule has 0 radical (unpaired) electrons. The fraction of sp³-hybridized carbons (Fsp3) is 0.417. The number of carbonyl (C=O) groups excluding carboxylic acids is 1. The van der Waals surface area contributed by atoms with Crippen LogP contribution in [-0.2, 0) is 9.53 Å². The van der Waals surface area contributed by atoms with Gasteiger partial charge in [0.1, 0.15) is 24.2 Å². The summed E-state index contributed by atoms with van der Waals surface area (Å²) < 4.78 is 16.9. The fourth-order valence-corrected chi connectivity index (χ4v) is 5.17. The Morgan fingerprint density at radius 3 is 1.93 bits per heavy atom. The van der Waals surface area contributed by atoms with Gasteiger partial charge in [-0.25, -0.2) is 0 Å². The maximum atomic E-state index is 12.0. The number of likely N-dealkylation sites (tertiary alicyclic amines) is 1. The van der Waals surface area contributed by atoms with Gasteiger partial charge in [-0.05, 0) is 105 Å². The van der Waals surface area contributed by atoms with Gasteiger partial charge in [-0.15, -0.1) is 0 Å². The van der Waals surface area contributed by atoms with E-state index in [0.29, 0.717) is 12.3 Å². The molecule has 1 heterocycles. The number of allylic oxidation sites excluding steroid dienone is 1. The number of piperidine rings is 1. The summed E-state index contributed by atoms with van der Waals surface area (Å²) in [5.74, 6) is 1.07. The van der Waals surface area contributed by atoms with E-state index in [0.717, 1.165) is 42.0 Å². The van der Waals surface area contributed by atoms with Crippen molar-refractivity contribution >= 4 is 17.1 Å². The van der Waals surface area contributed by atoms with Crippen molar-refractivity contribution in [3.05, 3.63) is 95.6 Å². The second-order valence-electron chi connectivity index (χ2n) is 11.9. The molecule has 224 valence electrons. The molecule has 0 bridgehead atoms. The molecule has 1 aliphatic rings. The molecule has 1 atom stereocenters. The van der Waals surface area contributed by atoms with E-state index in [4.69, 9.17) is 14.2 Å². The van der Waals surface area contributed by atoms with Crippen LogP contribution in [-0.4, -0.2) is 55.1 Å². The minimum absolute atomic E-state index is 0.128. The number of esters is 1. The third-order valence-corrected chi connectivity index (χ3v) is 7.45. The first kappa shape index (κ1) is 31.3. The minimum Gasteiger partial charge on any atom is -0.491 e. The Morgan fingerprint density at radius 2 is 1.38 bits per heavy atom. The van der Waals surface area contributed by atoms with Crippen molar-refractivity contribution in [3.8, 4) is 11.5 Å². The lowest BCUT2D eigenvalue weighted by Crippen LogP contribution is -2.38. The van der Waals surface area contributed by atoms with E-state index in [2.05, 4.69) is 48.2 Å². The summed E-state index contributed by atoms with van der Waals surface area (Å²) in [6.07, 6.45) is 4.02. The number of nitrogens with zero attached hydrogens (tertiary/aromatic N) is 1. The normalized spacial score (nSPS) is 15.5. The lowest BCUT2D eigenvalue weighted by molar-refractivity contribution is -0.159. The number of β-amino-alcohol motifs (C(OH)–C–C–N with tert-alkyl or cyclic N) is 1. The summed E-state index contributed by atoms with van der Waals surface area (Å²) in [7, 11) is 0. The fourth-order valence-electron chi connectivity index (χ4n) is 5.17. The third-order valence-electron chi connectivity index (χ3n) is 7.45. The zero-order valence-corrected chi connectivity index (χ0v) is 25.5. The van der Waals surface area contributed by atoms with Crippen LogP contribution in [0.2, 0.25) is 0 Å². The Kier molecular flexibility index (Phi) is 11.2. The van der Waals surface area contributed by atoms with Crippen LogP contribution in [0.25, 0.3) is 11.1 Å². The first-order chi connectivity index (χ1) is 20.2. The lowest BCUT2D eigenvalue weighted by Gasteiger charge is -2.28. The Hall–Kier alpha value is -3.61. The van der Waals surface area contributed by atoms with Gasteiger partial charge in [0.25, 0.3) is 0 Å². The highest BCUT2D eigenvalue weighted by Gasteiger charge is 2.23. The number of rotatable bonds is 12. The van der Waals surface area contributed by atoms with Crippen LogP contribution < -0.4 is 9.47 Å². The Morgan fingerprint density at radius 1 is 0.810 bits per heavy atom. The number of hydrogen-bond donors (Lipinski definition) is 1. The van der Waals surface area contributed by atoms with Gasteiger partial charge in [0, 0.05) is 6.54 Å². The van der Waals surface area contributed by atoms with E-state index in [1.807, 2.05) is 63.2 Å². The summed E-state index contributed by atoms with van der Waals surface area (Å²) in [4.78, 5) is 14.4. The zero-order chi connectivity index (χ0) is 30.0. The molecule has 0 aromatic heterocycles. The van der Waals surface area contributed by atoms with E-state index >= 15 is 0 Å². The predicted octanol–water partition coefficient (Wildman–Crippen LogP) is 7.21. The third kappa shape index (κ3) is 8.94. The maximum absolute atomic E-state index is 12.0. The smallest absolute Gasteiger partial charge is 0.314 e. The molecule has 1 saturated heterocycles. The first-order valence-corrected chi connectivity index (χ1v) is 15.1. The SMILES string of the molecule is CC/C(=C(\c1ccc(OCOC(=O)C(C)(C)C)cc1)c1ccc(OCC(O)CN2CCCCC2)cc1)c1ccccc1. The van der Waals surface area contributed by atoms with Crippen LogP contribution in [0.15, 0.2) is 78.9 Å². The average Bonchev–Trinajstić information content (AvgIpc) is 3.00. The van der Waals surface area contributed by atoms with Crippen molar-refractivity contribution in [3.63, 3.8) is 0 Å². The van der Waals surface area contributed by atoms with Gasteiger partial charge in [-0.2, -0.15) is 0 Å². The molecule has 0 spiro atoms. The van der Waals surface area contributed by atoms with Gasteiger partial charge >= 0.3 is 5.97 Å². The number of aliphatic hydroxyl groups is 1. The van der Waals surface area contributed by atoms with Crippen molar-refractivity contribution in [2.24, 2.45) is 5.41 Å². The molecule has 4 rings (SSSR count). The van der Waals surface area contributed by atoms with E-state index < -0.39 is 11.5 Å². The topological polar surface area (TPSA) is 68.2 Å². The average molecular weight is 572 g/mol. The van der Waals surface area contributed by atoms with Crippen LogP contribution in [0.1, 0.15) is 70.1 Å². The number of carbonyl (C=O) groups is 1.